The number of para-hydroxylation sites is 1. The number of nitrogens with one attached hydrogen (secondary N) is 3. The molecular formula is C26H24FN3O3. The van der Waals surface area contributed by atoms with Crippen molar-refractivity contribution in [1.29, 1.82) is 0 Å². The number of aromatic nitrogens is 1. The van der Waals surface area contributed by atoms with Crippen LogP contribution in [0.2, 0.25) is 0 Å². The number of anilines is 1. The molecule has 6 nitrogen and oxygen atoms in total. The monoisotopic (exact) mass is 445 g/mol. The van der Waals surface area contributed by atoms with Crippen molar-refractivity contribution in [1.82, 2.24) is 10.3 Å². The number of H-pyrrole nitrogens is 1. The number of benzene rings is 3. The van der Waals surface area contributed by atoms with Crippen molar-refractivity contribution in [2.45, 2.75) is 26.0 Å². The number of carbonyl (C=O) groups excluding carboxylic acids is 2. The molecule has 1 heterocycles. The highest BCUT2D eigenvalue weighted by Gasteiger charge is 2.21. The van der Waals surface area contributed by atoms with Crippen molar-refractivity contribution in [3.8, 4) is 5.75 Å². The summed E-state index contributed by atoms with van der Waals surface area (Å²) >= 11 is 0. The molecule has 2 amide bonds. The predicted molar refractivity (Wildman–Crippen MR) is 125 cm³/mol. The molecule has 0 saturated heterocycles. The van der Waals surface area contributed by atoms with Crippen LogP contribution in [0, 0.1) is 5.82 Å². The Hall–Kier alpha value is -4.13. The molecule has 1 unspecified atom stereocenters. The molecule has 4 aromatic rings. The van der Waals surface area contributed by atoms with Gasteiger partial charge in [-0.3, -0.25) is 9.59 Å². The molecule has 0 fully saturated rings. The normalized spacial score (nSPS) is 11.7. The van der Waals surface area contributed by atoms with E-state index in [1.54, 1.807) is 36.4 Å². The van der Waals surface area contributed by atoms with Crippen molar-refractivity contribution in [2.75, 3.05) is 5.32 Å². The summed E-state index contributed by atoms with van der Waals surface area (Å²) in [6, 6.07) is 20.2. The molecule has 3 aromatic carbocycles. The first-order valence-corrected chi connectivity index (χ1v) is 10.6. The van der Waals surface area contributed by atoms with Gasteiger partial charge in [-0.15, -0.1) is 0 Å². The minimum absolute atomic E-state index is 0.199. The van der Waals surface area contributed by atoms with E-state index in [1.807, 2.05) is 30.5 Å². The van der Waals surface area contributed by atoms with Gasteiger partial charge in [-0.25, -0.2) is 4.39 Å². The Morgan fingerprint density at radius 3 is 2.67 bits per heavy atom. The number of rotatable bonds is 8. The minimum Gasteiger partial charge on any atom is -0.489 e. The Morgan fingerprint density at radius 2 is 1.85 bits per heavy atom. The lowest BCUT2D eigenvalue weighted by molar-refractivity contribution is -0.125. The second kappa shape index (κ2) is 9.99. The fraction of sp³-hybridized carbons (Fsp3) is 0.154. The second-order valence-electron chi connectivity index (χ2n) is 7.75. The Morgan fingerprint density at radius 1 is 1.03 bits per heavy atom. The van der Waals surface area contributed by atoms with Crippen molar-refractivity contribution in [2.24, 2.45) is 0 Å². The zero-order valence-electron chi connectivity index (χ0n) is 18.1. The number of ether oxygens (including phenoxy) is 1. The lowest BCUT2D eigenvalue weighted by Crippen LogP contribution is -2.44. The minimum atomic E-state index is -0.751. The molecule has 1 atom stereocenters. The smallest absolute Gasteiger partial charge is 0.247 e. The zero-order chi connectivity index (χ0) is 23.2. The number of aromatic amines is 1. The number of fused-ring (bicyclic) bond motifs is 1. The van der Waals surface area contributed by atoms with Gasteiger partial charge in [-0.1, -0.05) is 36.4 Å². The average Bonchev–Trinajstić information content (AvgIpc) is 3.20. The standard InChI is InChI=1S/C26H24FN3O3/c1-17(31)29-25(13-19-15-28-24-11-3-2-10-23(19)24)26(32)30-21-8-5-9-22(14-21)33-16-18-6-4-7-20(27)12-18/h2-12,14-15,25,28H,13,16H2,1H3,(H,29,31)(H,30,32). The van der Waals surface area contributed by atoms with Gasteiger partial charge in [0.2, 0.25) is 11.8 Å². The molecule has 33 heavy (non-hydrogen) atoms. The van der Waals surface area contributed by atoms with Gasteiger partial charge in [-0.05, 0) is 41.5 Å². The molecule has 0 aliphatic heterocycles. The summed E-state index contributed by atoms with van der Waals surface area (Å²) in [7, 11) is 0. The highest BCUT2D eigenvalue weighted by Crippen LogP contribution is 2.21. The summed E-state index contributed by atoms with van der Waals surface area (Å²) in [6.07, 6.45) is 2.19. The van der Waals surface area contributed by atoms with E-state index in [1.165, 1.54) is 19.1 Å². The fourth-order valence-corrected chi connectivity index (χ4v) is 3.66. The number of carbonyl (C=O) groups is 2. The van der Waals surface area contributed by atoms with Crippen LogP contribution in [-0.4, -0.2) is 22.8 Å². The summed E-state index contributed by atoms with van der Waals surface area (Å²) in [6.45, 7) is 1.58. The van der Waals surface area contributed by atoms with Crippen LogP contribution in [0.15, 0.2) is 79.0 Å². The molecule has 0 aliphatic carbocycles. The summed E-state index contributed by atoms with van der Waals surface area (Å²) < 4.78 is 19.1. The van der Waals surface area contributed by atoms with E-state index in [2.05, 4.69) is 15.6 Å². The first-order chi connectivity index (χ1) is 16.0. The van der Waals surface area contributed by atoms with E-state index in [0.29, 0.717) is 23.4 Å². The first kappa shape index (κ1) is 22.1. The highest BCUT2D eigenvalue weighted by molar-refractivity contribution is 5.97. The van der Waals surface area contributed by atoms with Crippen LogP contribution >= 0.6 is 0 Å². The topological polar surface area (TPSA) is 83.2 Å². The third-order valence-corrected chi connectivity index (χ3v) is 5.19. The van der Waals surface area contributed by atoms with Crippen molar-refractivity contribution in [3.05, 3.63) is 95.9 Å². The number of amides is 2. The van der Waals surface area contributed by atoms with Gasteiger partial charge < -0.3 is 20.4 Å². The van der Waals surface area contributed by atoms with Crippen LogP contribution in [0.4, 0.5) is 10.1 Å². The summed E-state index contributed by atoms with van der Waals surface area (Å²) in [4.78, 5) is 28.0. The quantitative estimate of drug-likeness (QED) is 0.372. The molecule has 0 spiro atoms. The lowest BCUT2D eigenvalue weighted by atomic mass is 10.0. The van der Waals surface area contributed by atoms with Crippen molar-refractivity contribution >= 4 is 28.4 Å². The molecule has 7 heteroatoms. The Labute approximate surface area is 190 Å². The van der Waals surface area contributed by atoms with Gasteiger partial charge in [0.05, 0.1) is 0 Å². The molecule has 0 aliphatic rings. The molecule has 0 saturated carbocycles. The maximum absolute atomic E-state index is 13.4. The predicted octanol–water partition coefficient (Wildman–Crippen LogP) is 4.57. The van der Waals surface area contributed by atoms with Crippen LogP contribution < -0.4 is 15.4 Å². The first-order valence-electron chi connectivity index (χ1n) is 10.6. The Bertz CT molecular complexity index is 1280. The molecule has 1 aromatic heterocycles. The SMILES string of the molecule is CC(=O)NC(Cc1c[nH]c2ccccc12)C(=O)Nc1cccc(OCc2cccc(F)c2)c1. The van der Waals surface area contributed by atoms with E-state index in [0.717, 1.165) is 16.5 Å². The molecule has 168 valence electrons. The van der Waals surface area contributed by atoms with Gasteiger partial charge in [0.1, 0.15) is 24.2 Å². The third-order valence-electron chi connectivity index (χ3n) is 5.19. The van der Waals surface area contributed by atoms with Crippen molar-refractivity contribution < 1.29 is 18.7 Å². The van der Waals surface area contributed by atoms with Gasteiger partial charge >= 0.3 is 0 Å². The summed E-state index contributed by atoms with van der Waals surface area (Å²) in [5, 5.41) is 6.60. The molecular weight excluding hydrogens is 421 g/mol. The maximum atomic E-state index is 13.4. The van der Waals surface area contributed by atoms with Gasteiger partial charge in [0.25, 0.3) is 0 Å². The van der Waals surface area contributed by atoms with Crippen LogP contribution in [-0.2, 0) is 22.6 Å². The number of hydrogen-bond donors (Lipinski definition) is 3. The Kier molecular flexibility index (Phi) is 6.69. The van der Waals surface area contributed by atoms with E-state index in [4.69, 9.17) is 4.74 Å². The van der Waals surface area contributed by atoms with E-state index in [-0.39, 0.29) is 24.2 Å². The zero-order valence-corrected chi connectivity index (χ0v) is 18.1. The summed E-state index contributed by atoms with van der Waals surface area (Å²) in [5.74, 6) is -0.416. The van der Waals surface area contributed by atoms with Gasteiger partial charge in [-0.2, -0.15) is 0 Å². The number of hydrogen-bond acceptors (Lipinski definition) is 3. The van der Waals surface area contributed by atoms with Crippen LogP contribution in [0.1, 0.15) is 18.1 Å². The molecule has 3 N–H and O–H groups in total. The van der Waals surface area contributed by atoms with Crippen molar-refractivity contribution in [3.63, 3.8) is 0 Å². The molecule has 4 rings (SSSR count). The van der Waals surface area contributed by atoms with E-state index in [9.17, 15) is 14.0 Å². The second-order valence-corrected chi connectivity index (χ2v) is 7.75. The van der Waals surface area contributed by atoms with Gasteiger partial charge in [0, 0.05) is 42.2 Å². The average molecular weight is 445 g/mol. The highest BCUT2D eigenvalue weighted by atomic mass is 19.1. The number of halogens is 1. The van der Waals surface area contributed by atoms with Gasteiger partial charge in [0.15, 0.2) is 0 Å². The largest absolute Gasteiger partial charge is 0.489 e. The molecule has 0 radical (unpaired) electrons. The van der Waals surface area contributed by atoms with Crippen LogP contribution in [0.3, 0.4) is 0 Å². The fourth-order valence-electron chi connectivity index (χ4n) is 3.66. The third kappa shape index (κ3) is 5.77. The lowest BCUT2D eigenvalue weighted by Gasteiger charge is -2.18. The Balaban J connectivity index is 1.45. The van der Waals surface area contributed by atoms with Crippen LogP contribution in [0.25, 0.3) is 10.9 Å². The van der Waals surface area contributed by atoms with E-state index < -0.39 is 6.04 Å². The van der Waals surface area contributed by atoms with E-state index >= 15 is 0 Å². The molecule has 0 bridgehead atoms. The van der Waals surface area contributed by atoms with Crippen LogP contribution in [0.5, 0.6) is 5.75 Å². The summed E-state index contributed by atoms with van der Waals surface area (Å²) in [5.41, 5.74) is 3.14. The maximum Gasteiger partial charge on any atom is 0.247 e.